The van der Waals surface area contributed by atoms with Crippen LogP contribution >= 0.6 is 15.9 Å². The Kier molecular flexibility index (Phi) is 4.30. The van der Waals surface area contributed by atoms with E-state index in [1.807, 2.05) is 54.6 Å². The molecule has 0 radical (unpaired) electrons. The standard InChI is InChI=1S/C18H15BrN2O2/c1-21(11-18(22)23)17-10-15(12-5-3-2-4-6-12)14-8-7-13(19)9-16(14)20-17/h2-10H,11H2,1H3,(H,22,23). The molecule has 23 heavy (non-hydrogen) atoms. The molecular formula is C18H15BrN2O2. The van der Waals surface area contributed by atoms with Crippen LogP contribution in [0.2, 0.25) is 0 Å². The van der Waals surface area contributed by atoms with Crippen LogP contribution in [0.25, 0.3) is 22.0 Å². The van der Waals surface area contributed by atoms with Gasteiger partial charge in [-0.3, -0.25) is 4.79 Å². The van der Waals surface area contributed by atoms with Crippen LogP contribution in [-0.2, 0) is 4.79 Å². The molecule has 0 spiro atoms. The second-order valence-corrected chi connectivity index (χ2v) is 6.22. The van der Waals surface area contributed by atoms with Crippen molar-refractivity contribution in [3.63, 3.8) is 0 Å². The summed E-state index contributed by atoms with van der Waals surface area (Å²) in [4.78, 5) is 17.2. The average molecular weight is 371 g/mol. The van der Waals surface area contributed by atoms with Crippen molar-refractivity contribution in [2.75, 3.05) is 18.5 Å². The van der Waals surface area contributed by atoms with Gasteiger partial charge in [0.15, 0.2) is 0 Å². The fourth-order valence-corrected chi connectivity index (χ4v) is 2.87. The Balaban J connectivity index is 2.22. The Morgan fingerprint density at radius 1 is 1.17 bits per heavy atom. The molecule has 5 heteroatoms. The lowest BCUT2D eigenvalue weighted by Gasteiger charge is -2.18. The number of aromatic nitrogens is 1. The van der Waals surface area contributed by atoms with E-state index in [1.54, 1.807) is 11.9 Å². The Bertz CT molecular complexity index is 866. The molecule has 116 valence electrons. The summed E-state index contributed by atoms with van der Waals surface area (Å²) in [5, 5.41) is 10.0. The maximum atomic E-state index is 11.0. The molecule has 0 aliphatic heterocycles. The smallest absolute Gasteiger partial charge is 0.323 e. The third-order valence-corrected chi connectivity index (χ3v) is 4.10. The molecule has 1 aromatic heterocycles. The van der Waals surface area contributed by atoms with E-state index in [4.69, 9.17) is 5.11 Å². The first-order valence-electron chi connectivity index (χ1n) is 7.13. The van der Waals surface area contributed by atoms with Gasteiger partial charge in [-0.25, -0.2) is 4.98 Å². The Morgan fingerprint density at radius 2 is 1.91 bits per heavy atom. The highest BCUT2D eigenvalue weighted by Gasteiger charge is 2.12. The number of likely N-dealkylation sites (N-methyl/N-ethyl adjacent to an activating group) is 1. The predicted octanol–water partition coefficient (Wildman–Crippen LogP) is 4.19. The second-order valence-electron chi connectivity index (χ2n) is 5.31. The molecule has 0 aliphatic rings. The molecule has 0 amide bonds. The largest absolute Gasteiger partial charge is 0.480 e. The van der Waals surface area contributed by atoms with Crippen LogP contribution in [0.5, 0.6) is 0 Å². The van der Waals surface area contributed by atoms with Crippen molar-refractivity contribution in [2.24, 2.45) is 0 Å². The van der Waals surface area contributed by atoms with E-state index in [0.29, 0.717) is 5.82 Å². The summed E-state index contributed by atoms with van der Waals surface area (Å²) >= 11 is 3.47. The molecule has 0 bridgehead atoms. The molecular weight excluding hydrogens is 356 g/mol. The lowest BCUT2D eigenvalue weighted by molar-refractivity contribution is -0.135. The summed E-state index contributed by atoms with van der Waals surface area (Å²) in [5.74, 6) is -0.248. The summed E-state index contributed by atoms with van der Waals surface area (Å²) in [6.45, 7) is -0.0965. The molecule has 0 aliphatic carbocycles. The van der Waals surface area contributed by atoms with Crippen LogP contribution in [0.3, 0.4) is 0 Å². The van der Waals surface area contributed by atoms with Gasteiger partial charge in [0, 0.05) is 16.9 Å². The zero-order valence-electron chi connectivity index (χ0n) is 12.5. The number of hydrogen-bond acceptors (Lipinski definition) is 3. The van der Waals surface area contributed by atoms with E-state index in [2.05, 4.69) is 20.9 Å². The highest BCUT2D eigenvalue weighted by atomic mass is 79.9. The lowest BCUT2D eigenvalue weighted by Crippen LogP contribution is -2.25. The maximum absolute atomic E-state index is 11.0. The van der Waals surface area contributed by atoms with Gasteiger partial charge in [0.05, 0.1) is 5.52 Å². The number of anilines is 1. The number of carboxylic acids is 1. The van der Waals surface area contributed by atoms with Crippen molar-refractivity contribution < 1.29 is 9.90 Å². The first kappa shape index (κ1) is 15.5. The Morgan fingerprint density at radius 3 is 2.61 bits per heavy atom. The van der Waals surface area contributed by atoms with Gasteiger partial charge in [0.25, 0.3) is 0 Å². The van der Waals surface area contributed by atoms with Gasteiger partial charge in [-0.2, -0.15) is 0 Å². The van der Waals surface area contributed by atoms with E-state index in [1.165, 1.54) is 0 Å². The molecule has 3 rings (SSSR count). The molecule has 0 atom stereocenters. The van der Waals surface area contributed by atoms with Gasteiger partial charge in [-0.05, 0) is 29.3 Å². The Labute approximate surface area is 142 Å². The fourth-order valence-electron chi connectivity index (χ4n) is 2.52. The summed E-state index contributed by atoms with van der Waals surface area (Å²) < 4.78 is 0.939. The van der Waals surface area contributed by atoms with Crippen molar-refractivity contribution in [3.8, 4) is 11.1 Å². The predicted molar refractivity (Wildman–Crippen MR) is 95.8 cm³/mol. The van der Waals surface area contributed by atoms with Gasteiger partial charge < -0.3 is 10.0 Å². The van der Waals surface area contributed by atoms with Gasteiger partial charge >= 0.3 is 5.97 Å². The van der Waals surface area contributed by atoms with Crippen LogP contribution in [-0.4, -0.2) is 29.7 Å². The summed E-state index contributed by atoms with van der Waals surface area (Å²) in [5.41, 5.74) is 2.94. The van der Waals surface area contributed by atoms with Crippen LogP contribution in [0.4, 0.5) is 5.82 Å². The topological polar surface area (TPSA) is 53.4 Å². The quantitative estimate of drug-likeness (QED) is 0.748. The number of pyridine rings is 1. The molecule has 4 nitrogen and oxygen atoms in total. The molecule has 0 unspecified atom stereocenters. The van der Waals surface area contributed by atoms with Crippen molar-refractivity contribution in [1.29, 1.82) is 0 Å². The first-order chi connectivity index (χ1) is 11.0. The number of fused-ring (bicyclic) bond motifs is 1. The number of benzene rings is 2. The summed E-state index contributed by atoms with van der Waals surface area (Å²) in [7, 11) is 1.73. The molecule has 0 fully saturated rings. The zero-order valence-corrected chi connectivity index (χ0v) is 14.1. The third-order valence-electron chi connectivity index (χ3n) is 3.61. The average Bonchev–Trinajstić information content (AvgIpc) is 2.53. The van der Waals surface area contributed by atoms with E-state index >= 15 is 0 Å². The number of aliphatic carboxylic acids is 1. The molecule has 1 N–H and O–H groups in total. The summed E-state index contributed by atoms with van der Waals surface area (Å²) in [6, 6.07) is 17.9. The Hall–Kier alpha value is -2.40. The molecule has 0 saturated carbocycles. The SMILES string of the molecule is CN(CC(=O)O)c1cc(-c2ccccc2)c2ccc(Br)cc2n1. The highest BCUT2D eigenvalue weighted by molar-refractivity contribution is 9.10. The molecule has 0 saturated heterocycles. The van der Waals surface area contributed by atoms with Gasteiger partial charge in [-0.1, -0.05) is 52.3 Å². The van der Waals surface area contributed by atoms with Crippen LogP contribution in [0.15, 0.2) is 59.1 Å². The van der Waals surface area contributed by atoms with Crippen LogP contribution in [0, 0.1) is 0 Å². The highest BCUT2D eigenvalue weighted by Crippen LogP contribution is 2.32. The van der Waals surface area contributed by atoms with Crippen molar-refractivity contribution in [3.05, 3.63) is 59.1 Å². The number of halogens is 1. The minimum atomic E-state index is -0.884. The fraction of sp³-hybridized carbons (Fsp3) is 0.111. The normalized spacial score (nSPS) is 10.7. The van der Waals surface area contributed by atoms with E-state index in [0.717, 1.165) is 26.5 Å². The first-order valence-corrected chi connectivity index (χ1v) is 7.92. The van der Waals surface area contributed by atoms with Crippen LogP contribution in [0.1, 0.15) is 0 Å². The van der Waals surface area contributed by atoms with Gasteiger partial charge in [0.1, 0.15) is 12.4 Å². The second kappa shape index (κ2) is 6.38. The number of carbonyl (C=O) groups is 1. The van der Waals surface area contributed by atoms with Crippen molar-refractivity contribution in [1.82, 2.24) is 4.98 Å². The van der Waals surface area contributed by atoms with E-state index in [-0.39, 0.29) is 6.54 Å². The number of rotatable bonds is 4. The summed E-state index contributed by atoms with van der Waals surface area (Å²) in [6.07, 6.45) is 0. The number of carboxylic acid groups (broad SMARTS) is 1. The monoisotopic (exact) mass is 370 g/mol. The molecule has 2 aromatic carbocycles. The number of hydrogen-bond donors (Lipinski definition) is 1. The van der Waals surface area contributed by atoms with Crippen LogP contribution < -0.4 is 4.90 Å². The third kappa shape index (κ3) is 3.35. The minimum absolute atomic E-state index is 0.0965. The van der Waals surface area contributed by atoms with E-state index < -0.39 is 5.97 Å². The molecule has 3 aromatic rings. The zero-order chi connectivity index (χ0) is 16.4. The van der Waals surface area contributed by atoms with Gasteiger partial charge in [-0.15, -0.1) is 0 Å². The maximum Gasteiger partial charge on any atom is 0.323 e. The molecule has 1 heterocycles. The van der Waals surface area contributed by atoms with E-state index in [9.17, 15) is 4.79 Å². The minimum Gasteiger partial charge on any atom is -0.480 e. The lowest BCUT2D eigenvalue weighted by atomic mass is 10.0. The van der Waals surface area contributed by atoms with Crippen molar-refractivity contribution in [2.45, 2.75) is 0 Å². The van der Waals surface area contributed by atoms with Crippen molar-refractivity contribution >= 4 is 38.6 Å². The number of nitrogens with zero attached hydrogens (tertiary/aromatic N) is 2. The van der Waals surface area contributed by atoms with Gasteiger partial charge in [0.2, 0.25) is 0 Å².